The van der Waals surface area contributed by atoms with E-state index in [4.69, 9.17) is 9.40 Å². The van der Waals surface area contributed by atoms with Gasteiger partial charge in [0.15, 0.2) is 5.58 Å². The first-order chi connectivity index (χ1) is 11.9. The zero-order valence-corrected chi connectivity index (χ0v) is 13.7. The van der Waals surface area contributed by atoms with Crippen LogP contribution in [0.5, 0.6) is 0 Å². The maximum atomic E-state index is 6.17. The Morgan fingerprint density at radius 3 is 2.54 bits per heavy atom. The minimum atomic E-state index is 0.574. The van der Waals surface area contributed by atoms with Crippen molar-refractivity contribution >= 4 is 17.1 Å². The second-order valence-electron chi connectivity index (χ2n) is 6.81. The van der Waals surface area contributed by atoms with Gasteiger partial charge in [-0.3, -0.25) is 0 Å². The molecule has 0 N–H and O–H groups in total. The van der Waals surface area contributed by atoms with E-state index in [0.717, 1.165) is 30.2 Å². The minimum Gasteiger partial charge on any atom is -0.423 e. The van der Waals surface area contributed by atoms with Crippen molar-refractivity contribution in [3.8, 4) is 11.1 Å². The lowest BCUT2D eigenvalue weighted by atomic mass is 10.1. The molecule has 2 bridgehead atoms. The van der Waals surface area contributed by atoms with Gasteiger partial charge in [0.1, 0.15) is 5.52 Å². The number of fused-ring (bicyclic) bond motifs is 5. The molecule has 0 saturated carbocycles. The van der Waals surface area contributed by atoms with Gasteiger partial charge < -0.3 is 14.2 Å². The Kier molecular flexibility index (Phi) is 3.30. The monoisotopic (exact) mass is 319 g/mol. The molecule has 3 saturated heterocycles. The number of hydrogen-bond donors (Lipinski definition) is 0. The molecule has 0 spiro atoms. The standard InChI is InChI=1S/C20H21N3O/c1-2-4-15(5-3-1)16-6-7-18-19(14-16)24-20(21-18)23-13-12-22-10-8-17(23)9-11-22/h1-7,14,17H,8-13H2. The first-order valence-electron chi connectivity index (χ1n) is 8.82. The van der Waals surface area contributed by atoms with Crippen LogP contribution in [0.1, 0.15) is 12.8 Å². The fourth-order valence-electron chi connectivity index (χ4n) is 3.98. The first kappa shape index (κ1) is 14.1. The number of nitrogens with zero attached hydrogens (tertiary/aromatic N) is 3. The van der Waals surface area contributed by atoms with Crippen LogP contribution in [-0.2, 0) is 0 Å². The summed E-state index contributed by atoms with van der Waals surface area (Å²) in [4.78, 5) is 9.70. The number of benzene rings is 2. The van der Waals surface area contributed by atoms with Gasteiger partial charge in [-0.15, -0.1) is 0 Å². The van der Waals surface area contributed by atoms with Crippen LogP contribution in [0.15, 0.2) is 52.9 Å². The smallest absolute Gasteiger partial charge is 0.298 e. The predicted molar refractivity (Wildman–Crippen MR) is 96.3 cm³/mol. The number of oxazole rings is 1. The summed E-state index contributed by atoms with van der Waals surface area (Å²) in [5.41, 5.74) is 4.21. The molecule has 2 aromatic carbocycles. The lowest BCUT2D eigenvalue weighted by Crippen LogP contribution is -2.38. The van der Waals surface area contributed by atoms with Crippen LogP contribution in [-0.4, -0.2) is 42.1 Å². The van der Waals surface area contributed by atoms with Crippen molar-refractivity contribution in [2.45, 2.75) is 18.9 Å². The fraction of sp³-hybridized carbons (Fsp3) is 0.350. The molecule has 3 aliphatic heterocycles. The van der Waals surface area contributed by atoms with Crippen molar-refractivity contribution in [1.29, 1.82) is 0 Å². The highest BCUT2D eigenvalue weighted by molar-refractivity contribution is 5.81. The van der Waals surface area contributed by atoms with Gasteiger partial charge in [0.2, 0.25) is 0 Å². The Balaban J connectivity index is 1.52. The van der Waals surface area contributed by atoms with Crippen LogP contribution in [0.25, 0.3) is 22.2 Å². The molecular weight excluding hydrogens is 298 g/mol. The molecular formula is C20H21N3O. The quantitative estimate of drug-likeness (QED) is 0.719. The molecule has 4 heterocycles. The van der Waals surface area contributed by atoms with E-state index in [0.29, 0.717) is 6.04 Å². The molecule has 6 rings (SSSR count). The molecule has 3 aliphatic rings. The lowest BCUT2D eigenvalue weighted by molar-refractivity contribution is 0.249. The molecule has 0 unspecified atom stereocenters. The van der Waals surface area contributed by atoms with Crippen LogP contribution < -0.4 is 4.90 Å². The Morgan fingerprint density at radius 2 is 1.71 bits per heavy atom. The van der Waals surface area contributed by atoms with Crippen molar-refractivity contribution < 1.29 is 4.42 Å². The summed E-state index contributed by atoms with van der Waals surface area (Å²) < 4.78 is 6.17. The van der Waals surface area contributed by atoms with Crippen LogP contribution in [0.4, 0.5) is 6.01 Å². The van der Waals surface area contributed by atoms with Crippen molar-refractivity contribution in [2.24, 2.45) is 0 Å². The van der Waals surface area contributed by atoms with Crippen LogP contribution in [0.2, 0.25) is 0 Å². The van der Waals surface area contributed by atoms with E-state index in [1.54, 1.807) is 0 Å². The van der Waals surface area contributed by atoms with Gasteiger partial charge in [-0.1, -0.05) is 36.4 Å². The molecule has 1 aromatic heterocycles. The maximum Gasteiger partial charge on any atom is 0.298 e. The van der Waals surface area contributed by atoms with E-state index in [2.05, 4.69) is 52.3 Å². The highest BCUT2D eigenvalue weighted by atomic mass is 16.4. The summed E-state index contributed by atoms with van der Waals surface area (Å²) in [7, 11) is 0. The van der Waals surface area contributed by atoms with Gasteiger partial charge in [-0.2, -0.15) is 4.98 Å². The average Bonchev–Trinajstić information content (AvgIpc) is 2.82. The van der Waals surface area contributed by atoms with Gasteiger partial charge in [0.05, 0.1) is 0 Å². The molecule has 0 amide bonds. The second-order valence-corrected chi connectivity index (χ2v) is 6.81. The molecule has 4 heteroatoms. The van der Waals surface area contributed by atoms with E-state index in [-0.39, 0.29) is 0 Å². The summed E-state index contributed by atoms with van der Waals surface area (Å²) in [5, 5.41) is 0. The van der Waals surface area contributed by atoms with Crippen molar-refractivity contribution in [3.05, 3.63) is 48.5 Å². The van der Waals surface area contributed by atoms with Crippen LogP contribution in [0.3, 0.4) is 0 Å². The molecule has 0 aliphatic carbocycles. The maximum absolute atomic E-state index is 6.17. The highest BCUT2D eigenvalue weighted by Crippen LogP contribution is 2.31. The number of hydrogen-bond acceptors (Lipinski definition) is 4. The van der Waals surface area contributed by atoms with E-state index < -0.39 is 0 Å². The molecule has 3 aromatic rings. The highest BCUT2D eigenvalue weighted by Gasteiger charge is 2.31. The predicted octanol–water partition coefficient (Wildman–Crippen LogP) is 3.78. The Morgan fingerprint density at radius 1 is 0.875 bits per heavy atom. The fourth-order valence-corrected chi connectivity index (χ4v) is 3.98. The molecule has 122 valence electrons. The van der Waals surface area contributed by atoms with E-state index in [1.807, 2.05) is 6.07 Å². The van der Waals surface area contributed by atoms with Gasteiger partial charge >= 0.3 is 0 Å². The van der Waals surface area contributed by atoms with Gasteiger partial charge in [0.25, 0.3) is 6.01 Å². The Bertz CT molecular complexity index is 850. The van der Waals surface area contributed by atoms with Crippen molar-refractivity contribution in [1.82, 2.24) is 9.88 Å². The molecule has 24 heavy (non-hydrogen) atoms. The molecule has 4 nitrogen and oxygen atoms in total. The summed E-state index contributed by atoms with van der Waals surface area (Å²) in [6.07, 6.45) is 2.43. The normalized spacial score (nSPS) is 23.6. The Hall–Kier alpha value is -2.33. The number of aromatic nitrogens is 1. The first-order valence-corrected chi connectivity index (χ1v) is 8.82. The van der Waals surface area contributed by atoms with Crippen LogP contribution >= 0.6 is 0 Å². The minimum absolute atomic E-state index is 0.574. The van der Waals surface area contributed by atoms with E-state index in [9.17, 15) is 0 Å². The lowest BCUT2D eigenvalue weighted by Gasteiger charge is -2.30. The third-order valence-electron chi connectivity index (χ3n) is 5.38. The summed E-state index contributed by atoms with van der Waals surface area (Å²) in [5.74, 6) is 0. The number of piperidine rings is 1. The largest absolute Gasteiger partial charge is 0.423 e. The number of anilines is 1. The second kappa shape index (κ2) is 5.64. The SMILES string of the molecule is c1ccc(-c2ccc3nc(N4CCN5CCC4CC5)oc3c2)cc1. The van der Waals surface area contributed by atoms with Crippen molar-refractivity contribution in [2.75, 3.05) is 31.1 Å². The molecule has 0 radical (unpaired) electrons. The Labute approximate surface area is 141 Å². The van der Waals surface area contributed by atoms with E-state index >= 15 is 0 Å². The summed E-state index contributed by atoms with van der Waals surface area (Å²) in [6, 6.07) is 18.1. The van der Waals surface area contributed by atoms with E-state index in [1.165, 1.54) is 37.1 Å². The topological polar surface area (TPSA) is 32.5 Å². The third-order valence-corrected chi connectivity index (χ3v) is 5.38. The summed E-state index contributed by atoms with van der Waals surface area (Å²) >= 11 is 0. The zero-order chi connectivity index (χ0) is 15.9. The number of rotatable bonds is 2. The third kappa shape index (κ3) is 2.38. The van der Waals surface area contributed by atoms with Crippen molar-refractivity contribution in [3.63, 3.8) is 0 Å². The average molecular weight is 319 g/mol. The van der Waals surface area contributed by atoms with Gasteiger partial charge in [-0.05, 0) is 36.1 Å². The van der Waals surface area contributed by atoms with Gasteiger partial charge in [0, 0.05) is 32.2 Å². The summed E-state index contributed by atoms with van der Waals surface area (Å²) in [6.45, 7) is 4.55. The van der Waals surface area contributed by atoms with Crippen LogP contribution in [0, 0.1) is 0 Å². The zero-order valence-electron chi connectivity index (χ0n) is 13.7. The van der Waals surface area contributed by atoms with Gasteiger partial charge in [-0.25, -0.2) is 0 Å². The molecule has 0 atom stereocenters. The molecule has 3 fully saturated rings.